The van der Waals surface area contributed by atoms with Crippen LogP contribution in [-0.4, -0.2) is 20.7 Å². The fourth-order valence-electron chi connectivity index (χ4n) is 3.53. The minimum Gasteiger partial charge on any atom is -0.321 e. The molecule has 2 aromatic heterocycles. The molecule has 5 nitrogen and oxygen atoms in total. The van der Waals surface area contributed by atoms with E-state index >= 15 is 0 Å². The van der Waals surface area contributed by atoms with Crippen LogP contribution in [0.15, 0.2) is 60.8 Å². The molecule has 5 heteroatoms. The summed E-state index contributed by atoms with van der Waals surface area (Å²) in [5.41, 5.74) is 5.92. The van der Waals surface area contributed by atoms with Crippen LogP contribution in [-0.2, 0) is 0 Å². The van der Waals surface area contributed by atoms with Crippen LogP contribution in [0.25, 0.3) is 22.3 Å². The number of carbonyl (C=O) groups is 1. The number of anilines is 1. The quantitative estimate of drug-likeness (QED) is 0.502. The summed E-state index contributed by atoms with van der Waals surface area (Å²) in [6, 6.07) is 17.9. The van der Waals surface area contributed by atoms with Crippen molar-refractivity contribution < 1.29 is 4.79 Å². The highest BCUT2D eigenvalue weighted by atomic mass is 16.1. The van der Waals surface area contributed by atoms with Crippen molar-refractivity contribution in [1.82, 2.24) is 14.8 Å². The van der Waals surface area contributed by atoms with Crippen LogP contribution in [0.3, 0.4) is 0 Å². The first-order chi connectivity index (χ1) is 14.0. The zero-order valence-electron chi connectivity index (χ0n) is 17.1. The molecular weight excluding hydrogens is 360 g/mol. The Morgan fingerprint density at radius 1 is 1.00 bits per heavy atom. The van der Waals surface area contributed by atoms with E-state index in [-0.39, 0.29) is 11.9 Å². The fraction of sp³-hybridized carbons (Fsp3) is 0.208. The van der Waals surface area contributed by atoms with Crippen LogP contribution in [0, 0.1) is 13.8 Å². The van der Waals surface area contributed by atoms with Gasteiger partial charge in [0.2, 0.25) is 0 Å². The summed E-state index contributed by atoms with van der Waals surface area (Å²) < 4.78 is 1.86. The van der Waals surface area contributed by atoms with E-state index in [0.29, 0.717) is 11.2 Å². The normalized spacial score (nSPS) is 11.2. The van der Waals surface area contributed by atoms with Crippen LogP contribution in [0.1, 0.15) is 41.4 Å². The molecule has 0 aliphatic heterocycles. The third-order valence-electron chi connectivity index (χ3n) is 5.09. The maximum absolute atomic E-state index is 13.3. The van der Waals surface area contributed by atoms with Gasteiger partial charge in [0.1, 0.15) is 0 Å². The number of benzene rings is 2. The molecule has 0 bridgehead atoms. The van der Waals surface area contributed by atoms with Gasteiger partial charge in [-0.3, -0.25) is 4.79 Å². The lowest BCUT2D eigenvalue weighted by molar-refractivity contribution is 0.102. The highest BCUT2D eigenvalue weighted by molar-refractivity contribution is 6.13. The Morgan fingerprint density at radius 3 is 2.34 bits per heavy atom. The summed E-state index contributed by atoms with van der Waals surface area (Å²) in [6.45, 7) is 8.10. The predicted octanol–water partition coefficient (Wildman–Crippen LogP) is 5.55. The first-order valence-corrected chi connectivity index (χ1v) is 9.77. The minimum atomic E-state index is -0.157. The molecule has 146 valence electrons. The number of hydrogen-bond acceptors (Lipinski definition) is 3. The summed E-state index contributed by atoms with van der Waals surface area (Å²) in [7, 11) is 0. The molecule has 0 atom stereocenters. The topological polar surface area (TPSA) is 59.8 Å². The first-order valence-electron chi connectivity index (χ1n) is 9.77. The maximum atomic E-state index is 13.3. The molecule has 0 saturated carbocycles. The van der Waals surface area contributed by atoms with E-state index in [1.54, 1.807) is 6.20 Å². The molecule has 0 radical (unpaired) electrons. The summed E-state index contributed by atoms with van der Waals surface area (Å²) in [6.07, 6.45) is 1.73. The van der Waals surface area contributed by atoms with Crippen LogP contribution in [0.4, 0.5) is 5.69 Å². The van der Waals surface area contributed by atoms with E-state index in [2.05, 4.69) is 24.3 Å². The highest BCUT2D eigenvalue weighted by Gasteiger charge is 2.19. The first kappa shape index (κ1) is 18.9. The van der Waals surface area contributed by atoms with Crippen molar-refractivity contribution in [3.8, 4) is 11.3 Å². The number of pyridine rings is 1. The molecule has 0 unspecified atom stereocenters. The molecule has 0 fully saturated rings. The van der Waals surface area contributed by atoms with Crippen molar-refractivity contribution in [2.75, 3.05) is 5.32 Å². The van der Waals surface area contributed by atoms with Crippen molar-refractivity contribution in [2.24, 2.45) is 0 Å². The van der Waals surface area contributed by atoms with Gasteiger partial charge >= 0.3 is 0 Å². The van der Waals surface area contributed by atoms with Crippen LogP contribution in [0.5, 0.6) is 0 Å². The van der Waals surface area contributed by atoms with Crippen molar-refractivity contribution in [2.45, 2.75) is 33.7 Å². The molecule has 1 N–H and O–H groups in total. The molecule has 29 heavy (non-hydrogen) atoms. The minimum absolute atomic E-state index is 0.139. The summed E-state index contributed by atoms with van der Waals surface area (Å²) in [4.78, 5) is 18.2. The van der Waals surface area contributed by atoms with E-state index in [9.17, 15) is 4.79 Å². The van der Waals surface area contributed by atoms with Gasteiger partial charge in [-0.2, -0.15) is 5.10 Å². The zero-order chi connectivity index (χ0) is 20.5. The van der Waals surface area contributed by atoms with Gasteiger partial charge in [0.25, 0.3) is 5.91 Å². The second-order valence-corrected chi connectivity index (χ2v) is 7.56. The van der Waals surface area contributed by atoms with Crippen molar-refractivity contribution in [1.29, 1.82) is 0 Å². The number of aromatic nitrogens is 3. The molecule has 2 heterocycles. The third-order valence-corrected chi connectivity index (χ3v) is 5.09. The van der Waals surface area contributed by atoms with Gasteiger partial charge in [0.05, 0.1) is 22.8 Å². The molecule has 0 aliphatic carbocycles. The van der Waals surface area contributed by atoms with Gasteiger partial charge in [-0.15, -0.1) is 0 Å². The van der Waals surface area contributed by atoms with E-state index < -0.39 is 0 Å². The average molecular weight is 384 g/mol. The van der Waals surface area contributed by atoms with Crippen LogP contribution in [0.2, 0.25) is 0 Å². The Kier molecular flexibility index (Phi) is 4.89. The van der Waals surface area contributed by atoms with E-state index in [0.717, 1.165) is 33.5 Å². The molecular formula is C24H24N4O. The summed E-state index contributed by atoms with van der Waals surface area (Å²) in [5.74, 6) is -0.157. The number of rotatable bonds is 4. The van der Waals surface area contributed by atoms with E-state index in [4.69, 9.17) is 4.98 Å². The predicted molar refractivity (Wildman–Crippen MR) is 117 cm³/mol. The summed E-state index contributed by atoms with van der Waals surface area (Å²) in [5, 5.41) is 8.34. The molecule has 0 saturated heterocycles. The zero-order valence-corrected chi connectivity index (χ0v) is 17.1. The van der Waals surface area contributed by atoms with Crippen LogP contribution < -0.4 is 5.32 Å². The highest BCUT2D eigenvalue weighted by Crippen LogP contribution is 2.28. The Hall–Kier alpha value is -3.47. The number of hydrogen-bond donors (Lipinski definition) is 1. The maximum Gasteiger partial charge on any atom is 0.256 e. The second-order valence-electron chi connectivity index (χ2n) is 7.56. The van der Waals surface area contributed by atoms with Gasteiger partial charge in [0.15, 0.2) is 5.65 Å². The molecule has 4 rings (SSSR count). The molecule has 1 amide bonds. The Balaban J connectivity index is 1.87. The van der Waals surface area contributed by atoms with E-state index in [1.807, 2.05) is 73.1 Å². The third kappa shape index (κ3) is 3.51. The lowest BCUT2D eigenvalue weighted by Crippen LogP contribution is -2.15. The number of amides is 1. The fourth-order valence-corrected chi connectivity index (χ4v) is 3.53. The molecule has 0 aliphatic rings. The van der Waals surface area contributed by atoms with Crippen LogP contribution >= 0.6 is 0 Å². The van der Waals surface area contributed by atoms with Gasteiger partial charge in [-0.05, 0) is 44.9 Å². The van der Waals surface area contributed by atoms with Gasteiger partial charge in [0, 0.05) is 17.3 Å². The SMILES string of the molecule is Cc1cccc(C)c1NC(=O)c1cc(-c2ccccc2)nc2c1cnn2C(C)C. The second kappa shape index (κ2) is 7.51. The number of para-hydroxylation sites is 1. The number of fused-ring (bicyclic) bond motifs is 1. The number of nitrogens with one attached hydrogen (secondary N) is 1. The van der Waals surface area contributed by atoms with Crippen molar-refractivity contribution >= 4 is 22.6 Å². The Labute approximate surface area is 170 Å². The summed E-state index contributed by atoms with van der Waals surface area (Å²) >= 11 is 0. The van der Waals surface area contributed by atoms with Gasteiger partial charge in [-0.25, -0.2) is 9.67 Å². The Morgan fingerprint density at radius 2 is 1.69 bits per heavy atom. The van der Waals surface area contributed by atoms with Crippen molar-refractivity contribution in [3.05, 3.63) is 77.5 Å². The molecule has 0 spiro atoms. The van der Waals surface area contributed by atoms with Crippen molar-refractivity contribution in [3.63, 3.8) is 0 Å². The molecule has 4 aromatic rings. The molecule has 2 aromatic carbocycles. The largest absolute Gasteiger partial charge is 0.321 e. The number of carbonyl (C=O) groups excluding carboxylic acids is 1. The Bertz CT molecular complexity index is 1170. The lowest BCUT2D eigenvalue weighted by atomic mass is 10.1. The van der Waals surface area contributed by atoms with Gasteiger partial charge in [-0.1, -0.05) is 48.5 Å². The number of aryl methyl sites for hydroxylation is 2. The van der Waals surface area contributed by atoms with E-state index in [1.165, 1.54) is 0 Å². The average Bonchev–Trinajstić information content (AvgIpc) is 3.15. The monoisotopic (exact) mass is 384 g/mol. The standard InChI is InChI=1S/C24H24N4O/c1-15(2)28-23-20(14-25-28)19(13-21(26-23)18-11-6-5-7-12-18)24(29)27-22-16(3)9-8-10-17(22)4/h5-15H,1-4H3,(H,27,29). The number of nitrogens with zero attached hydrogens (tertiary/aromatic N) is 3. The van der Waals surface area contributed by atoms with Gasteiger partial charge < -0.3 is 5.32 Å². The smallest absolute Gasteiger partial charge is 0.256 e. The lowest BCUT2D eigenvalue weighted by Gasteiger charge is -2.13.